The number of allylic oxidation sites excluding steroid dienone is 1. The van der Waals surface area contributed by atoms with Crippen molar-refractivity contribution in [1.29, 1.82) is 0 Å². The van der Waals surface area contributed by atoms with E-state index in [0.29, 0.717) is 56.5 Å². The summed E-state index contributed by atoms with van der Waals surface area (Å²) in [7, 11) is -4.00. The van der Waals surface area contributed by atoms with Gasteiger partial charge in [0.1, 0.15) is 35.6 Å². The van der Waals surface area contributed by atoms with Crippen molar-refractivity contribution in [2.24, 2.45) is 11.8 Å². The molecule has 16 heteroatoms. The van der Waals surface area contributed by atoms with E-state index in [1.807, 2.05) is 36.4 Å². The van der Waals surface area contributed by atoms with E-state index >= 15 is 0 Å². The number of para-hydroxylation sites is 1. The SMILES string of the molecule is CC1(S(=O)(=O)NC(=O)[C@@]23C[C@H]2C=CCCCCC[C@@H]2NC(=O)O[C@@H]4C[C@H]4CCCCCc4c(nc5ccccc5c4OCCCN4CCCC4)O[C@@H]4C[C@@H](C(=O)N3)N(C4)C2=O)CC1. The number of carbonyl (C=O) groups is 4. The number of ether oxygens (including phenoxy) is 3. The van der Waals surface area contributed by atoms with Gasteiger partial charge in [-0.2, -0.15) is 0 Å². The summed E-state index contributed by atoms with van der Waals surface area (Å²) in [5, 5.41) is 6.75. The molecule has 63 heavy (non-hydrogen) atoms. The molecule has 3 aliphatic carbocycles. The van der Waals surface area contributed by atoms with Crippen LogP contribution in [0.25, 0.3) is 10.9 Å². The lowest BCUT2D eigenvalue weighted by Crippen LogP contribution is -2.58. The lowest BCUT2D eigenvalue weighted by molar-refractivity contribution is -0.141. The number of alkyl carbamates (subject to hydrolysis) is 1. The van der Waals surface area contributed by atoms with Crippen LogP contribution in [0.2, 0.25) is 0 Å². The Hall–Kier alpha value is -4.44. The third kappa shape index (κ3) is 9.67. The van der Waals surface area contributed by atoms with Crippen LogP contribution in [-0.4, -0.2) is 114 Å². The molecule has 0 unspecified atom stereocenters. The number of nitrogens with one attached hydrogen (secondary N) is 3. The minimum atomic E-state index is -4.00. The van der Waals surface area contributed by atoms with Crippen LogP contribution < -0.4 is 24.8 Å². The Balaban J connectivity index is 1.04. The van der Waals surface area contributed by atoms with Crippen LogP contribution in [0.15, 0.2) is 36.4 Å². The van der Waals surface area contributed by atoms with Crippen LogP contribution >= 0.6 is 0 Å². The molecule has 3 N–H and O–H groups in total. The van der Waals surface area contributed by atoms with E-state index < -0.39 is 68.2 Å². The first kappa shape index (κ1) is 43.8. The van der Waals surface area contributed by atoms with Crippen molar-refractivity contribution >= 4 is 44.7 Å². The van der Waals surface area contributed by atoms with Crippen molar-refractivity contribution in [2.75, 3.05) is 32.8 Å². The highest BCUT2D eigenvalue weighted by Crippen LogP contribution is 2.48. The zero-order valence-electron chi connectivity index (χ0n) is 36.6. The Morgan fingerprint density at radius 3 is 2.60 bits per heavy atom. The van der Waals surface area contributed by atoms with Gasteiger partial charge in [-0.3, -0.25) is 19.1 Å². The molecule has 5 fully saturated rings. The molecule has 0 radical (unpaired) electrons. The second-order valence-electron chi connectivity index (χ2n) is 19.4. The third-order valence-corrected chi connectivity index (χ3v) is 16.8. The number of hydrogen-bond acceptors (Lipinski definition) is 11. The van der Waals surface area contributed by atoms with E-state index in [1.165, 1.54) is 17.7 Å². The standard InChI is InChI=1S/C47H64N6O9S/c1-46(21-22-46)63(58,59)51-44(56)47-29-32(47)16-7-3-2-4-9-20-37-43(55)53-30-33(28-38(53)41(54)50-47)61-42-35(18-8-5-6-15-31-27-39(31)62-45(57)49-37)40(34-17-10-11-19-36(34)48-42)60-26-14-25-52-23-12-13-24-52/h7,10-11,16-17,19,31-33,37-39H,2-6,8-9,12-15,18,20-30H2,1H3,(H,49,57)(H,50,54)(H,51,56)/t31-,32-,33-,37+,38+,39-,47-/m1/s1. The molecular weight excluding hydrogens is 825 g/mol. The molecule has 9 rings (SSSR count). The Bertz CT molecular complexity index is 2210. The zero-order chi connectivity index (χ0) is 43.8. The monoisotopic (exact) mass is 888 g/mol. The van der Waals surface area contributed by atoms with Gasteiger partial charge < -0.3 is 34.6 Å². The first-order valence-electron chi connectivity index (χ1n) is 23.7. The fourth-order valence-electron chi connectivity index (χ4n) is 10.1. The number of benzene rings is 1. The van der Waals surface area contributed by atoms with E-state index in [-0.39, 0.29) is 31.4 Å². The fraction of sp³-hybridized carbons (Fsp3) is 0.681. The van der Waals surface area contributed by atoms with Gasteiger partial charge in [-0.15, -0.1) is 0 Å². The molecule has 4 aliphatic heterocycles. The molecular formula is C47H64N6O9S. The van der Waals surface area contributed by atoms with Gasteiger partial charge in [-0.1, -0.05) is 50.0 Å². The number of fused-ring (bicyclic) bond motifs is 6. The van der Waals surface area contributed by atoms with E-state index in [2.05, 4.69) is 20.3 Å². The number of sulfonamides is 1. The van der Waals surface area contributed by atoms with Crippen LogP contribution in [0.4, 0.5) is 4.79 Å². The Morgan fingerprint density at radius 2 is 1.78 bits per heavy atom. The summed E-state index contributed by atoms with van der Waals surface area (Å²) in [6.45, 7) is 5.38. The average molecular weight is 889 g/mol. The second-order valence-corrected chi connectivity index (χ2v) is 21.6. The van der Waals surface area contributed by atoms with Crippen LogP contribution in [0.3, 0.4) is 0 Å². The van der Waals surface area contributed by atoms with Gasteiger partial charge in [0.05, 0.1) is 29.0 Å². The number of nitrogens with zero attached hydrogens (tertiary/aromatic N) is 3. The van der Waals surface area contributed by atoms with E-state index in [9.17, 15) is 27.6 Å². The predicted molar refractivity (Wildman–Crippen MR) is 235 cm³/mol. The van der Waals surface area contributed by atoms with E-state index in [1.54, 1.807) is 6.92 Å². The first-order valence-corrected chi connectivity index (χ1v) is 25.2. The van der Waals surface area contributed by atoms with E-state index in [0.717, 1.165) is 87.7 Å². The smallest absolute Gasteiger partial charge is 0.408 e. The summed E-state index contributed by atoms with van der Waals surface area (Å²) >= 11 is 0. The van der Waals surface area contributed by atoms with Gasteiger partial charge in [0.15, 0.2) is 0 Å². The van der Waals surface area contributed by atoms with Gasteiger partial charge in [0.2, 0.25) is 27.7 Å². The minimum absolute atomic E-state index is 0.0179. The molecule has 1 aromatic carbocycles. The van der Waals surface area contributed by atoms with Gasteiger partial charge in [0.25, 0.3) is 5.91 Å². The van der Waals surface area contributed by atoms with Crippen LogP contribution in [0, 0.1) is 11.8 Å². The van der Waals surface area contributed by atoms with Crippen molar-refractivity contribution in [2.45, 2.75) is 157 Å². The Morgan fingerprint density at radius 1 is 0.984 bits per heavy atom. The van der Waals surface area contributed by atoms with Crippen LogP contribution in [-0.2, 0) is 35.6 Å². The topological polar surface area (TPSA) is 186 Å². The average Bonchev–Trinajstić information content (AvgIpc) is 4.20. The highest BCUT2D eigenvalue weighted by molar-refractivity contribution is 7.91. The predicted octanol–water partition coefficient (Wildman–Crippen LogP) is 5.44. The molecule has 0 spiro atoms. The van der Waals surface area contributed by atoms with Crippen molar-refractivity contribution < 1.29 is 41.8 Å². The number of rotatable bonds is 8. The zero-order valence-corrected chi connectivity index (χ0v) is 37.4. The molecule has 7 aliphatic rings. The van der Waals surface area contributed by atoms with Gasteiger partial charge >= 0.3 is 6.09 Å². The number of carbonyl (C=O) groups excluding carboxylic acids is 4. The molecule has 3 bridgehead atoms. The molecule has 2 aromatic rings. The minimum Gasteiger partial charge on any atom is -0.492 e. The molecule has 5 heterocycles. The first-order chi connectivity index (χ1) is 30.4. The lowest BCUT2D eigenvalue weighted by atomic mass is 10.0. The summed E-state index contributed by atoms with van der Waals surface area (Å²) in [4.78, 5) is 66.0. The number of pyridine rings is 1. The fourth-order valence-corrected chi connectivity index (χ4v) is 11.4. The van der Waals surface area contributed by atoms with Crippen LogP contribution in [0.5, 0.6) is 11.6 Å². The summed E-state index contributed by atoms with van der Waals surface area (Å²) < 4.78 is 47.3. The second kappa shape index (κ2) is 18.2. The highest BCUT2D eigenvalue weighted by Gasteiger charge is 2.63. The summed E-state index contributed by atoms with van der Waals surface area (Å²) in [5.41, 5.74) is 0.0678. The molecule has 3 saturated carbocycles. The maximum absolute atomic E-state index is 14.8. The summed E-state index contributed by atoms with van der Waals surface area (Å²) in [6.07, 6.45) is 15.3. The number of amides is 4. The van der Waals surface area contributed by atoms with E-state index in [4.69, 9.17) is 19.2 Å². The van der Waals surface area contributed by atoms with Crippen molar-refractivity contribution in [1.82, 2.24) is 30.1 Å². The highest BCUT2D eigenvalue weighted by atomic mass is 32.2. The Kier molecular flexibility index (Phi) is 12.7. The molecule has 7 atom stereocenters. The molecule has 4 amide bonds. The van der Waals surface area contributed by atoms with Crippen LogP contribution in [0.1, 0.15) is 122 Å². The van der Waals surface area contributed by atoms with Gasteiger partial charge in [-0.25, -0.2) is 18.2 Å². The molecule has 2 saturated heterocycles. The largest absolute Gasteiger partial charge is 0.492 e. The Labute approximate surface area is 370 Å². The van der Waals surface area contributed by atoms with Crippen molar-refractivity contribution in [3.8, 4) is 11.6 Å². The van der Waals surface area contributed by atoms with Crippen molar-refractivity contribution in [3.63, 3.8) is 0 Å². The number of aromatic nitrogens is 1. The quantitative estimate of drug-likeness (QED) is 0.227. The third-order valence-electron chi connectivity index (χ3n) is 14.6. The molecule has 15 nitrogen and oxygen atoms in total. The maximum Gasteiger partial charge on any atom is 0.408 e. The molecule has 1 aromatic heterocycles. The summed E-state index contributed by atoms with van der Waals surface area (Å²) in [5.74, 6) is -0.803. The molecule has 342 valence electrons. The number of likely N-dealkylation sites (tertiary alicyclic amines) is 1. The van der Waals surface area contributed by atoms with Crippen molar-refractivity contribution in [3.05, 3.63) is 42.0 Å². The lowest BCUT2D eigenvalue weighted by Gasteiger charge is -2.30. The summed E-state index contributed by atoms with van der Waals surface area (Å²) in [6, 6.07) is 5.83. The van der Waals surface area contributed by atoms with Gasteiger partial charge in [0, 0.05) is 24.3 Å². The van der Waals surface area contributed by atoms with Gasteiger partial charge in [-0.05, 0) is 122 Å². The number of hydrogen-bond donors (Lipinski definition) is 3. The normalized spacial score (nSPS) is 31.3. The maximum atomic E-state index is 14.8.